The fraction of sp³-hybridized carbons (Fsp3) is 0.0385. The Bertz CT molecular complexity index is 1640. The first kappa shape index (κ1) is 22.3. The molecule has 0 aliphatic carbocycles. The smallest absolute Gasteiger partial charge is 0.416 e. The van der Waals surface area contributed by atoms with Gasteiger partial charge in [0.1, 0.15) is 17.3 Å². The molecule has 0 bridgehead atoms. The molecule has 35 heavy (non-hydrogen) atoms. The number of benzene rings is 4. The number of halogens is 4. The Kier molecular flexibility index (Phi) is 5.12. The lowest BCUT2D eigenvalue weighted by molar-refractivity contribution is -0.137. The van der Waals surface area contributed by atoms with E-state index in [0.717, 1.165) is 28.8 Å². The highest BCUT2D eigenvalue weighted by atomic mass is 19.4. The van der Waals surface area contributed by atoms with E-state index >= 15 is 0 Å². The van der Waals surface area contributed by atoms with Crippen molar-refractivity contribution in [2.45, 2.75) is 6.18 Å². The minimum Gasteiger partial charge on any atom is -0.507 e. The molecule has 0 fully saturated rings. The van der Waals surface area contributed by atoms with Crippen molar-refractivity contribution >= 4 is 11.0 Å². The van der Waals surface area contributed by atoms with Gasteiger partial charge in [-0.05, 0) is 41.5 Å². The molecule has 176 valence electrons. The minimum atomic E-state index is -4.60. The molecule has 3 N–H and O–H groups in total. The quantitative estimate of drug-likeness (QED) is 0.268. The Morgan fingerprint density at radius 1 is 0.771 bits per heavy atom. The summed E-state index contributed by atoms with van der Waals surface area (Å²) in [5, 5.41) is 20.9. The third-order valence-corrected chi connectivity index (χ3v) is 5.71. The van der Waals surface area contributed by atoms with Crippen LogP contribution >= 0.6 is 0 Å². The number of fused-ring (bicyclic) bond motifs is 1. The predicted octanol–water partition coefficient (Wildman–Crippen LogP) is 6.22. The molecule has 4 aromatic carbocycles. The van der Waals surface area contributed by atoms with Crippen LogP contribution in [0.2, 0.25) is 0 Å². The van der Waals surface area contributed by atoms with E-state index in [2.05, 4.69) is 4.98 Å². The Balaban J connectivity index is 1.65. The lowest BCUT2D eigenvalue weighted by Crippen LogP contribution is -2.14. The van der Waals surface area contributed by atoms with Crippen molar-refractivity contribution < 1.29 is 27.8 Å². The molecule has 1 aromatic heterocycles. The van der Waals surface area contributed by atoms with E-state index in [4.69, 9.17) is 0 Å². The van der Waals surface area contributed by atoms with E-state index in [-0.39, 0.29) is 33.6 Å². The average molecular weight is 480 g/mol. The first-order chi connectivity index (χ1) is 16.6. The normalized spacial score (nSPS) is 11.8. The maximum Gasteiger partial charge on any atom is 0.416 e. The molecule has 0 unspecified atom stereocenters. The number of aromatic nitrogens is 2. The zero-order valence-corrected chi connectivity index (χ0v) is 17.8. The van der Waals surface area contributed by atoms with Crippen molar-refractivity contribution in [2.24, 2.45) is 0 Å². The molecule has 0 radical (unpaired) electrons. The van der Waals surface area contributed by atoms with Gasteiger partial charge in [-0.3, -0.25) is 4.57 Å². The van der Waals surface area contributed by atoms with Crippen LogP contribution in [0.5, 0.6) is 11.5 Å². The fourth-order valence-electron chi connectivity index (χ4n) is 4.04. The number of nitrogens with zero attached hydrogens (tertiary/aromatic N) is 1. The Hall–Kier alpha value is -4.53. The number of nitrogens with one attached hydrogen (secondary N) is 1. The first-order valence-corrected chi connectivity index (χ1v) is 10.4. The molecular weight excluding hydrogens is 464 g/mol. The van der Waals surface area contributed by atoms with Gasteiger partial charge in [-0.2, -0.15) is 13.2 Å². The van der Waals surface area contributed by atoms with Crippen LogP contribution in [0.15, 0.2) is 83.7 Å². The summed E-state index contributed by atoms with van der Waals surface area (Å²) in [4.78, 5) is 15.0. The Labute approximate surface area is 195 Å². The highest BCUT2D eigenvalue weighted by molar-refractivity contribution is 5.82. The second-order valence-electron chi connectivity index (χ2n) is 7.91. The molecule has 1 heterocycles. The lowest BCUT2D eigenvalue weighted by Gasteiger charge is -2.13. The number of rotatable bonds is 3. The molecule has 0 amide bonds. The lowest BCUT2D eigenvalue weighted by atomic mass is 9.98. The van der Waals surface area contributed by atoms with Crippen molar-refractivity contribution in [1.82, 2.24) is 9.55 Å². The first-order valence-electron chi connectivity index (χ1n) is 10.4. The SMILES string of the molecule is O=c1[nH]c2cc(C(F)(F)F)ccc2n1-c1cc(-c2ccc(-c3ccccc3)c(F)c2)c(O)cc1O. The maximum absolute atomic E-state index is 14.9. The van der Waals surface area contributed by atoms with Gasteiger partial charge >= 0.3 is 11.9 Å². The van der Waals surface area contributed by atoms with Crippen LogP contribution in [0.3, 0.4) is 0 Å². The summed E-state index contributed by atoms with van der Waals surface area (Å²) < 4.78 is 55.1. The number of phenolic OH excluding ortho intramolecular Hbond substituents is 2. The summed E-state index contributed by atoms with van der Waals surface area (Å²) >= 11 is 0. The highest BCUT2D eigenvalue weighted by Gasteiger charge is 2.31. The van der Waals surface area contributed by atoms with Crippen molar-refractivity contribution in [2.75, 3.05) is 0 Å². The predicted molar refractivity (Wildman–Crippen MR) is 123 cm³/mol. The van der Waals surface area contributed by atoms with Gasteiger partial charge in [0.15, 0.2) is 0 Å². The van der Waals surface area contributed by atoms with Crippen molar-refractivity contribution in [3.05, 3.63) is 101 Å². The zero-order chi connectivity index (χ0) is 24.9. The summed E-state index contributed by atoms with van der Waals surface area (Å²) in [6.45, 7) is 0. The summed E-state index contributed by atoms with van der Waals surface area (Å²) in [6.07, 6.45) is -4.60. The van der Waals surface area contributed by atoms with Crippen LogP contribution in [0.25, 0.3) is 39.0 Å². The van der Waals surface area contributed by atoms with E-state index in [1.165, 1.54) is 12.1 Å². The molecule has 0 saturated carbocycles. The molecule has 0 spiro atoms. The molecule has 5 aromatic rings. The second-order valence-corrected chi connectivity index (χ2v) is 7.91. The average Bonchev–Trinajstić information content (AvgIpc) is 3.14. The number of hydrogen-bond acceptors (Lipinski definition) is 3. The maximum atomic E-state index is 14.9. The summed E-state index contributed by atoms with van der Waals surface area (Å²) in [5.74, 6) is -1.41. The van der Waals surface area contributed by atoms with Crippen molar-refractivity contribution in [3.63, 3.8) is 0 Å². The number of aromatic amines is 1. The number of H-pyrrole nitrogens is 1. The number of aromatic hydroxyl groups is 2. The molecule has 0 saturated heterocycles. The van der Waals surface area contributed by atoms with E-state index in [0.29, 0.717) is 11.1 Å². The number of imidazole rings is 1. The van der Waals surface area contributed by atoms with Gasteiger partial charge in [0, 0.05) is 17.2 Å². The molecule has 0 aliphatic rings. The van der Waals surface area contributed by atoms with Gasteiger partial charge in [-0.15, -0.1) is 0 Å². The highest BCUT2D eigenvalue weighted by Crippen LogP contribution is 2.39. The summed E-state index contributed by atoms with van der Waals surface area (Å²) in [5.41, 5.74) is -0.437. The fourth-order valence-corrected chi connectivity index (χ4v) is 4.04. The van der Waals surface area contributed by atoms with Crippen LogP contribution < -0.4 is 5.69 Å². The third kappa shape index (κ3) is 3.90. The number of hydrogen-bond donors (Lipinski definition) is 3. The van der Waals surface area contributed by atoms with Crippen LogP contribution in [-0.4, -0.2) is 19.8 Å². The Morgan fingerprint density at radius 3 is 2.20 bits per heavy atom. The zero-order valence-electron chi connectivity index (χ0n) is 17.8. The van der Waals surface area contributed by atoms with Gasteiger partial charge in [0.25, 0.3) is 0 Å². The van der Waals surface area contributed by atoms with Crippen molar-refractivity contribution in [3.8, 4) is 39.4 Å². The molecular formula is C26H16F4N2O3. The van der Waals surface area contributed by atoms with Gasteiger partial charge in [0.05, 0.1) is 22.3 Å². The topological polar surface area (TPSA) is 78.2 Å². The van der Waals surface area contributed by atoms with E-state index < -0.39 is 29.0 Å². The van der Waals surface area contributed by atoms with Crippen LogP contribution in [0.4, 0.5) is 17.6 Å². The van der Waals surface area contributed by atoms with E-state index in [1.54, 1.807) is 36.4 Å². The van der Waals surface area contributed by atoms with E-state index in [9.17, 15) is 32.6 Å². The van der Waals surface area contributed by atoms with Gasteiger partial charge in [-0.1, -0.05) is 42.5 Å². The number of alkyl halides is 3. The summed E-state index contributed by atoms with van der Waals surface area (Å²) in [7, 11) is 0. The molecule has 5 rings (SSSR count). The van der Waals surface area contributed by atoms with Crippen molar-refractivity contribution in [1.29, 1.82) is 0 Å². The van der Waals surface area contributed by atoms with Crippen LogP contribution in [0.1, 0.15) is 5.56 Å². The van der Waals surface area contributed by atoms with Gasteiger partial charge in [0.2, 0.25) is 0 Å². The molecule has 9 heteroatoms. The van der Waals surface area contributed by atoms with Gasteiger partial charge in [-0.25, -0.2) is 9.18 Å². The van der Waals surface area contributed by atoms with Gasteiger partial charge < -0.3 is 15.2 Å². The van der Waals surface area contributed by atoms with Crippen LogP contribution in [0, 0.1) is 5.82 Å². The monoisotopic (exact) mass is 480 g/mol. The second kappa shape index (κ2) is 8.05. The Morgan fingerprint density at radius 2 is 1.51 bits per heavy atom. The molecule has 0 atom stereocenters. The molecule has 5 nitrogen and oxygen atoms in total. The largest absolute Gasteiger partial charge is 0.507 e. The third-order valence-electron chi connectivity index (χ3n) is 5.71. The van der Waals surface area contributed by atoms with Crippen LogP contribution in [-0.2, 0) is 6.18 Å². The standard InChI is InChI=1S/C26H16F4N2O3/c27-19-10-15(6-8-17(19)14-4-2-1-3-5-14)18-12-22(24(34)13-23(18)33)32-21-9-7-16(26(28,29)30)11-20(21)31-25(32)35/h1-13,33-34H,(H,31,35). The minimum absolute atomic E-state index is 0.0838. The molecule has 0 aliphatic heterocycles. The number of phenols is 2. The summed E-state index contributed by atoms with van der Waals surface area (Å²) in [6, 6.07) is 18.2. The van der Waals surface area contributed by atoms with E-state index in [1.807, 2.05) is 6.07 Å².